The zero-order chi connectivity index (χ0) is 10.1. The van der Waals surface area contributed by atoms with Crippen molar-refractivity contribution in [2.24, 2.45) is 0 Å². The SMILES string of the molecule is C#CC(CCC)NC(=O)NCCC. The van der Waals surface area contributed by atoms with Gasteiger partial charge in [0.25, 0.3) is 0 Å². The molecule has 0 saturated heterocycles. The van der Waals surface area contributed by atoms with Crippen LogP contribution in [0.3, 0.4) is 0 Å². The van der Waals surface area contributed by atoms with Crippen molar-refractivity contribution in [3.8, 4) is 12.3 Å². The van der Waals surface area contributed by atoms with Gasteiger partial charge in [0.05, 0.1) is 6.04 Å². The quantitative estimate of drug-likeness (QED) is 0.621. The van der Waals surface area contributed by atoms with E-state index in [0.29, 0.717) is 6.54 Å². The maximum Gasteiger partial charge on any atom is 0.315 e. The lowest BCUT2D eigenvalue weighted by molar-refractivity contribution is 0.238. The number of carbonyl (C=O) groups is 1. The molecule has 0 aliphatic rings. The third kappa shape index (κ3) is 6.03. The average Bonchev–Trinajstić information content (AvgIpc) is 2.14. The molecule has 0 spiro atoms. The topological polar surface area (TPSA) is 41.1 Å². The van der Waals surface area contributed by atoms with Crippen molar-refractivity contribution < 1.29 is 4.79 Å². The van der Waals surface area contributed by atoms with Crippen LogP contribution in [0, 0.1) is 12.3 Å². The first-order chi connectivity index (χ1) is 6.24. The number of hydrogen-bond acceptors (Lipinski definition) is 1. The number of hydrogen-bond donors (Lipinski definition) is 2. The molecular weight excluding hydrogens is 164 g/mol. The average molecular weight is 182 g/mol. The van der Waals surface area contributed by atoms with Gasteiger partial charge in [-0.1, -0.05) is 26.2 Å². The normalized spacial score (nSPS) is 11.5. The Balaban J connectivity index is 3.68. The minimum absolute atomic E-state index is 0.137. The van der Waals surface area contributed by atoms with E-state index in [1.54, 1.807) is 0 Å². The van der Waals surface area contributed by atoms with E-state index in [1.165, 1.54) is 0 Å². The number of nitrogens with one attached hydrogen (secondary N) is 2. The molecule has 0 fully saturated rings. The molecule has 2 N–H and O–H groups in total. The van der Waals surface area contributed by atoms with Crippen LogP contribution in [-0.2, 0) is 0 Å². The summed E-state index contributed by atoms with van der Waals surface area (Å²) in [5, 5.41) is 5.43. The fraction of sp³-hybridized carbons (Fsp3) is 0.700. The highest BCUT2D eigenvalue weighted by atomic mass is 16.2. The second-order valence-corrected chi connectivity index (χ2v) is 2.91. The zero-order valence-electron chi connectivity index (χ0n) is 8.39. The fourth-order valence-electron chi connectivity index (χ4n) is 0.934. The highest BCUT2D eigenvalue weighted by Gasteiger charge is 2.06. The van der Waals surface area contributed by atoms with Crippen molar-refractivity contribution in [1.82, 2.24) is 10.6 Å². The highest BCUT2D eigenvalue weighted by Crippen LogP contribution is 1.93. The van der Waals surface area contributed by atoms with Gasteiger partial charge in [0.15, 0.2) is 0 Å². The van der Waals surface area contributed by atoms with Gasteiger partial charge in [-0.15, -0.1) is 6.42 Å². The first-order valence-corrected chi connectivity index (χ1v) is 4.75. The maximum atomic E-state index is 11.1. The summed E-state index contributed by atoms with van der Waals surface area (Å²) in [7, 11) is 0. The molecule has 2 amide bonds. The number of urea groups is 1. The lowest BCUT2D eigenvalue weighted by Gasteiger charge is -2.12. The van der Waals surface area contributed by atoms with Gasteiger partial charge in [-0.2, -0.15) is 0 Å². The van der Waals surface area contributed by atoms with Crippen molar-refractivity contribution >= 4 is 6.03 Å². The van der Waals surface area contributed by atoms with Gasteiger partial charge < -0.3 is 10.6 Å². The van der Waals surface area contributed by atoms with Crippen LogP contribution < -0.4 is 10.6 Å². The second kappa shape index (κ2) is 7.48. The monoisotopic (exact) mass is 182 g/mol. The molecule has 0 aromatic rings. The number of carbonyl (C=O) groups excluding carboxylic acids is 1. The van der Waals surface area contributed by atoms with Gasteiger partial charge in [0.1, 0.15) is 0 Å². The number of amides is 2. The summed E-state index contributed by atoms with van der Waals surface area (Å²) in [6, 6.07) is -0.305. The summed E-state index contributed by atoms with van der Waals surface area (Å²) in [5.74, 6) is 2.54. The third-order valence-electron chi connectivity index (χ3n) is 1.62. The lowest BCUT2D eigenvalue weighted by Crippen LogP contribution is -2.41. The molecule has 3 heteroatoms. The van der Waals surface area contributed by atoms with E-state index in [0.717, 1.165) is 19.3 Å². The van der Waals surface area contributed by atoms with Crippen molar-refractivity contribution in [2.45, 2.75) is 39.2 Å². The van der Waals surface area contributed by atoms with Crippen molar-refractivity contribution in [3.05, 3.63) is 0 Å². The summed E-state index contributed by atoms with van der Waals surface area (Å²) in [6.45, 7) is 4.73. The lowest BCUT2D eigenvalue weighted by atomic mass is 10.2. The van der Waals surface area contributed by atoms with E-state index in [2.05, 4.69) is 16.6 Å². The molecule has 1 atom stereocenters. The van der Waals surface area contributed by atoms with E-state index in [9.17, 15) is 4.79 Å². The molecule has 0 saturated carbocycles. The van der Waals surface area contributed by atoms with E-state index in [1.807, 2.05) is 13.8 Å². The summed E-state index contributed by atoms with van der Waals surface area (Å²) >= 11 is 0. The Bertz CT molecular complexity index is 184. The van der Waals surface area contributed by atoms with Crippen molar-refractivity contribution in [3.63, 3.8) is 0 Å². The molecule has 0 aliphatic carbocycles. The van der Waals surface area contributed by atoms with Crippen LogP contribution in [-0.4, -0.2) is 18.6 Å². The summed E-state index contributed by atoms with van der Waals surface area (Å²) < 4.78 is 0. The Morgan fingerprint density at radius 1 is 1.46 bits per heavy atom. The molecule has 0 bridgehead atoms. The van der Waals surface area contributed by atoms with Crippen LogP contribution >= 0.6 is 0 Å². The third-order valence-corrected chi connectivity index (χ3v) is 1.62. The van der Waals surface area contributed by atoms with Crippen LogP contribution in [0.5, 0.6) is 0 Å². The number of terminal acetylenes is 1. The minimum atomic E-state index is -0.168. The zero-order valence-corrected chi connectivity index (χ0v) is 8.39. The molecule has 0 aliphatic heterocycles. The fourth-order valence-corrected chi connectivity index (χ4v) is 0.934. The smallest absolute Gasteiger partial charge is 0.315 e. The summed E-state index contributed by atoms with van der Waals surface area (Å²) in [5.41, 5.74) is 0. The molecule has 0 aromatic carbocycles. The minimum Gasteiger partial charge on any atom is -0.338 e. The van der Waals surface area contributed by atoms with Crippen LogP contribution in [0.1, 0.15) is 33.1 Å². The number of rotatable bonds is 5. The molecule has 3 nitrogen and oxygen atoms in total. The van der Waals surface area contributed by atoms with Crippen molar-refractivity contribution in [2.75, 3.05) is 6.54 Å². The first kappa shape index (κ1) is 11.8. The van der Waals surface area contributed by atoms with Crippen molar-refractivity contribution in [1.29, 1.82) is 0 Å². The Hall–Kier alpha value is -1.17. The maximum absolute atomic E-state index is 11.1. The molecule has 1 unspecified atom stereocenters. The van der Waals surface area contributed by atoms with E-state index in [-0.39, 0.29) is 12.1 Å². The van der Waals surface area contributed by atoms with Gasteiger partial charge >= 0.3 is 6.03 Å². The summed E-state index contributed by atoms with van der Waals surface area (Å²) in [6.07, 6.45) is 7.98. The molecule has 74 valence electrons. The molecule has 0 aromatic heterocycles. The van der Waals surface area contributed by atoms with Gasteiger partial charge in [-0.25, -0.2) is 4.79 Å². The van der Waals surface area contributed by atoms with Crippen LogP contribution in [0.25, 0.3) is 0 Å². The largest absolute Gasteiger partial charge is 0.338 e. The molecule has 0 rings (SSSR count). The molecule has 0 heterocycles. The predicted molar refractivity (Wildman–Crippen MR) is 54.4 cm³/mol. The van der Waals surface area contributed by atoms with Gasteiger partial charge in [-0.3, -0.25) is 0 Å². The van der Waals surface area contributed by atoms with Crippen LogP contribution in [0.4, 0.5) is 4.79 Å². The molecule has 0 radical (unpaired) electrons. The van der Waals surface area contributed by atoms with E-state index >= 15 is 0 Å². The first-order valence-electron chi connectivity index (χ1n) is 4.75. The molecular formula is C10H18N2O. The van der Waals surface area contributed by atoms with E-state index < -0.39 is 0 Å². The Morgan fingerprint density at radius 3 is 2.62 bits per heavy atom. The van der Waals surface area contributed by atoms with E-state index in [4.69, 9.17) is 6.42 Å². The van der Waals surface area contributed by atoms with Gasteiger partial charge in [0.2, 0.25) is 0 Å². The predicted octanol–water partition coefficient (Wildman–Crippen LogP) is 1.50. The van der Waals surface area contributed by atoms with Crippen LogP contribution in [0.2, 0.25) is 0 Å². The van der Waals surface area contributed by atoms with Crippen LogP contribution in [0.15, 0.2) is 0 Å². The Morgan fingerprint density at radius 2 is 2.15 bits per heavy atom. The Labute approximate surface area is 80.3 Å². The standard InChI is InChI=1S/C10H18N2O/c1-4-7-9(6-3)12-10(13)11-8-5-2/h3,9H,4-5,7-8H2,1-2H3,(H2,11,12,13). The highest BCUT2D eigenvalue weighted by molar-refractivity contribution is 5.74. The second-order valence-electron chi connectivity index (χ2n) is 2.91. The Kier molecular flexibility index (Phi) is 6.80. The van der Waals surface area contributed by atoms with Gasteiger partial charge in [0, 0.05) is 6.54 Å². The van der Waals surface area contributed by atoms with Gasteiger partial charge in [-0.05, 0) is 12.8 Å². The molecule has 13 heavy (non-hydrogen) atoms. The summed E-state index contributed by atoms with van der Waals surface area (Å²) in [4.78, 5) is 11.1.